The summed E-state index contributed by atoms with van der Waals surface area (Å²) >= 11 is 6.93. The van der Waals surface area contributed by atoms with Gasteiger partial charge in [0.25, 0.3) is 0 Å². The largest absolute Gasteiger partial charge is 0.180 e. The van der Waals surface area contributed by atoms with Crippen LogP contribution in [0, 0.1) is 0 Å². The number of hydrogen-bond acceptors (Lipinski definition) is 3. The molecule has 0 aromatic heterocycles. The summed E-state index contributed by atoms with van der Waals surface area (Å²) in [5.41, 5.74) is 0. The highest BCUT2D eigenvalue weighted by Gasteiger charge is 1.97. The molecule has 0 unspecified atom stereocenters. The fourth-order valence-corrected chi connectivity index (χ4v) is 0.940. The van der Waals surface area contributed by atoms with Crippen molar-refractivity contribution in [3.05, 3.63) is 11.5 Å². The molecule has 0 aliphatic carbocycles. The van der Waals surface area contributed by atoms with Crippen LogP contribution < -0.4 is 4.83 Å². The van der Waals surface area contributed by atoms with Crippen LogP contribution in [-0.2, 0) is 0 Å². The Morgan fingerprint density at radius 3 is 3.00 bits per heavy atom. The molecule has 0 spiro atoms. The van der Waals surface area contributed by atoms with Crippen LogP contribution in [0.15, 0.2) is 11.5 Å². The normalized spacial score (nSPS) is 23.0. The molecule has 1 aliphatic rings. The van der Waals surface area contributed by atoms with Gasteiger partial charge in [-0.15, -0.1) is 4.53 Å². The third-order valence-corrected chi connectivity index (χ3v) is 1.56. The van der Waals surface area contributed by atoms with Gasteiger partial charge in [0.1, 0.15) is 0 Å². The maximum absolute atomic E-state index is 5.47. The molecule has 40 valence electrons. The van der Waals surface area contributed by atoms with Gasteiger partial charge in [-0.1, -0.05) is 6.08 Å². The summed E-state index contributed by atoms with van der Waals surface area (Å²) in [5.74, 6) is 0. The van der Waals surface area contributed by atoms with Crippen molar-refractivity contribution in [3.8, 4) is 0 Å². The predicted molar refractivity (Wildman–Crippen MR) is 32.4 cm³/mol. The molecule has 1 rings (SSSR count). The lowest BCUT2D eigenvalue weighted by molar-refractivity contribution is 0.479. The molecular formula is C3H5ClN2S. The van der Waals surface area contributed by atoms with Crippen LogP contribution in [0.25, 0.3) is 0 Å². The van der Waals surface area contributed by atoms with Crippen LogP contribution >= 0.6 is 23.7 Å². The maximum Gasteiger partial charge on any atom is 0.0494 e. The van der Waals surface area contributed by atoms with E-state index in [1.807, 2.05) is 11.5 Å². The molecular weight excluding hydrogens is 132 g/mol. The zero-order valence-corrected chi connectivity index (χ0v) is 5.17. The van der Waals surface area contributed by atoms with Crippen molar-refractivity contribution in [2.45, 2.75) is 0 Å². The van der Waals surface area contributed by atoms with E-state index in [4.69, 9.17) is 11.8 Å². The number of rotatable bonds is 0. The molecule has 0 aromatic carbocycles. The van der Waals surface area contributed by atoms with E-state index in [0.717, 1.165) is 6.54 Å². The molecule has 7 heavy (non-hydrogen) atoms. The minimum atomic E-state index is 0.772. The van der Waals surface area contributed by atoms with Crippen molar-refractivity contribution < 1.29 is 0 Å². The average Bonchev–Trinajstić information content (AvgIpc) is 1.69. The van der Waals surface area contributed by atoms with Gasteiger partial charge < -0.3 is 0 Å². The van der Waals surface area contributed by atoms with Crippen molar-refractivity contribution >= 4 is 23.7 Å². The first kappa shape index (κ1) is 5.44. The molecule has 0 radical (unpaired) electrons. The summed E-state index contributed by atoms with van der Waals surface area (Å²) in [6, 6.07) is 0. The second kappa shape index (κ2) is 2.57. The Labute approximate surface area is 51.7 Å². The van der Waals surface area contributed by atoms with E-state index in [9.17, 15) is 0 Å². The topological polar surface area (TPSA) is 15.3 Å². The van der Waals surface area contributed by atoms with Gasteiger partial charge in [0.05, 0.1) is 0 Å². The zero-order valence-electron chi connectivity index (χ0n) is 3.60. The number of halogens is 1. The van der Waals surface area contributed by atoms with Crippen molar-refractivity contribution in [3.63, 3.8) is 0 Å². The molecule has 1 heterocycles. The number of hydrogen-bond donors (Lipinski definition) is 1. The molecule has 0 saturated heterocycles. The fourth-order valence-electron chi connectivity index (χ4n) is 0.309. The first-order valence-corrected chi connectivity index (χ1v) is 3.11. The minimum absolute atomic E-state index is 0.772. The summed E-state index contributed by atoms with van der Waals surface area (Å²) in [6.45, 7) is 0.772. The molecule has 0 atom stereocenters. The van der Waals surface area contributed by atoms with E-state index >= 15 is 0 Å². The Balaban J connectivity index is 2.32. The summed E-state index contributed by atoms with van der Waals surface area (Å²) in [5, 5.41) is 1.96. The molecule has 0 fully saturated rings. The van der Waals surface area contributed by atoms with Gasteiger partial charge in [0.15, 0.2) is 0 Å². The van der Waals surface area contributed by atoms with Gasteiger partial charge in [-0.25, -0.2) is 0 Å². The Morgan fingerprint density at radius 2 is 2.71 bits per heavy atom. The van der Waals surface area contributed by atoms with Crippen LogP contribution in [0.3, 0.4) is 0 Å². The van der Waals surface area contributed by atoms with E-state index in [1.54, 1.807) is 0 Å². The number of hydrazine groups is 1. The van der Waals surface area contributed by atoms with Crippen LogP contribution in [0.1, 0.15) is 0 Å². The van der Waals surface area contributed by atoms with E-state index in [1.165, 1.54) is 16.5 Å². The van der Waals surface area contributed by atoms with Gasteiger partial charge in [-0.2, -0.15) is 4.83 Å². The van der Waals surface area contributed by atoms with Gasteiger partial charge in [0.2, 0.25) is 0 Å². The number of nitrogens with zero attached hydrogens (tertiary/aromatic N) is 1. The van der Waals surface area contributed by atoms with Gasteiger partial charge >= 0.3 is 0 Å². The second-order valence-electron chi connectivity index (χ2n) is 1.13. The Kier molecular flexibility index (Phi) is 2.00. The standard InChI is InChI=1S/C3H5ClN2S/c4-6-2-1-3-7-5-6/h1,3,5H,2H2. The molecule has 0 aromatic rings. The zero-order chi connectivity index (χ0) is 5.11. The third-order valence-electron chi connectivity index (χ3n) is 0.582. The molecule has 4 heteroatoms. The maximum atomic E-state index is 5.47. The van der Waals surface area contributed by atoms with Gasteiger partial charge in [-0.3, -0.25) is 0 Å². The summed E-state index contributed by atoms with van der Waals surface area (Å²) in [7, 11) is 0. The van der Waals surface area contributed by atoms with E-state index in [0.29, 0.717) is 0 Å². The van der Waals surface area contributed by atoms with Crippen LogP contribution in [0.5, 0.6) is 0 Å². The molecule has 0 bridgehead atoms. The monoisotopic (exact) mass is 136 g/mol. The molecule has 1 aliphatic heterocycles. The van der Waals surface area contributed by atoms with Crippen molar-refractivity contribution in [1.82, 2.24) is 9.36 Å². The van der Waals surface area contributed by atoms with Crippen LogP contribution in [0.4, 0.5) is 0 Å². The van der Waals surface area contributed by atoms with E-state index in [-0.39, 0.29) is 0 Å². The predicted octanol–water partition coefficient (Wildman–Crippen LogP) is 1.12. The first-order chi connectivity index (χ1) is 3.39. The van der Waals surface area contributed by atoms with Gasteiger partial charge in [0, 0.05) is 6.54 Å². The Morgan fingerprint density at radius 1 is 1.86 bits per heavy atom. The lowest BCUT2D eigenvalue weighted by atomic mass is 10.7. The van der Waals surface area contributed by atoms with Gasteiger partial charge in [-0.05, 0) is 29.1 Å². The summed E-state index contributed by atoms with van der Waals surface area (Å²) in [6.07, 6.45) is 1.98. The smallest absolute Gasteiger partial charge is 0.0494 e. The lowest BCUT2D eigenvalue weighted by Crippen LogP contribution is -2.24. The highest BCUT2D eigenvalue weighted by Crippen LogP contribution is 2.05. The number of nitrogens with one attached hydrogen (secondary N) is 1. The Bertz CT molecular complexity index is 85.0. The highest BCUT2D eigenvalue weighted by molar-refractivity contribution is 8.00. The van der Waals surface area contributed by atoms with Crippen LogP contribution in [0.2, 0.25) is 0 Å². The van der Waals surface area contributed by atoms with Crippen molar-refractivity contribution in [2.24, 2.45) is 0 Å². The highest BCUT2D eigenvalue weighted by atomic mass is 35.5. The summed E-state index contributed by atoms with van der Waals surface area (Å²) in [4.78, 5) is 2.81. The van der Waals surface area contributed by atoms with E-state index in [2.05, 4.69) is 4.83 Å². The molecule has 2 nitrogen and oxygen atoms in total. The molecule has 1 N–H and O–H groups in total. The lowest BCUT2D eigenvalue weighted by Gasteiger charge is -2.12. The molecule has 0 saturated carbocycles. The quantitative estimate of drug-likeness (QED) is 0.397. The Hall–Kier alpha value is 0.300. The second-order valence-corrected chi connectivity index (χ2v) is 2.22. The van der Waals surface area contributed by atoms with Crippen molar-refractivity contribution in [2.75, 3.05) is 6.54 Å². The third kappa shape index (κ3) is 1.69. The minimum Gasteiger partial charge on any atom is -0.180 e. The van der Waals surface area contributed by atoms with Crippen LogP contribution in [-0.4, -0.2) is 11.1 Å². The van der Waals surface area contributed by atoms with Crippen molar-refractivity contribution in [1.29, 1.82) is 0 Å². The fraction of sp³-hybridized carbons (Fsp3) is 0.333. The average molecular weight is 137 g/mol. The first-order valence-electron chi connectivity index (χ1n) is 1.89. The summed E-state index contributed by atoms with van der Waals surface area (Å²) < 4.78 is 1.49. The van der Waals surface area contributed by atoms with E-state index < -0.39 is 0 Å². The SMILES string of the molecule is ClN1CC=CSN1. The molecule has 0 amide bonds.